The van der Waals surface area contributed by atoms with Crippen LogP contribution in [0.2, 0.25) is 0 Å². The molecule has 2 N–H and O–H groups in total. The van der Waals surface area contributed by atoms with Crippen molar-refractivity contribution >= 4 is 5.97 Å². The average molecular weight is 156 g/mol. The molecule has 0 spiro atoms. The first-order chi connectivity index (χ1) is 5.18. The molecule has 2 rings (SSSR count). The Morgan fingerprint density at radius 2 is 2.45 bits per heavy atom. The highest BCUT2D eigenvalue weighted by Gasteiger charge is 2.47. The van der Waals surface area contributed by atoms with Gasteiger partial charge in [-0.15, -0.1) is 0 Å². The second kappa shape index (κ2) is 2.06. The highest BCUT2D eigenvalue weighted by Crippen LogP contribution is 2.36. The molecule has 60 valence electrons. The molecule has 1 aliphatic heterocycles. The lowest BCUT2D eigenvalue weighted by Crippen LogP contribution is -2.22. The van der Waals surface area contributed by atoms with Gasteiger partial charge in [-0.1, -0.05) is 0 Å². The van der Waals surface area contributed by atoms with Crippen LogP contribution < -0.4 is 0 Å². The summed E-state index contributed by atoms with van der Waals surface area (Å²) >= 11 is 0. The van der Waals surface area contributed by atoms with Crippen LogP contribution in [0.5, 0.6) is 0 Å². The predicted molar refractivity (Wildman–Crippen MR) is 35.0 cm³/mol. The molecule has 2 aliphatic rings. The zero-order valence-electron chi connectivity index (χ0n) is 5.73. The number of ether oxygens (including phenoxy) is 1. The molecule has 1 saturated heterocycles. The molecule has 11 heavy (non-hydrogen) atoms. The van der Waals surface area contributed by atoms with Crippen molar-refractivity contribution in [3.63, 3.8) is 0 Å². The van der Waals surface area contributed by atoms with Gasteiger partial charge in [-0.2, -0.15) is 0 Å². The Kier molecular flexibility index (Phi) is 1.27. The van der Waals surface area contributed by atoms with Crippen LogP contribution in [0, 0.1) is 0 Å². The third-order valence-corrected chi connectivity index (χ3v) is 2.03. The van der Waals surface area contributed by atoms with E-state index in [9.17, 15) is 9.90 Å². The van der Waals surface area contributed by atoms with Crippen LogP contribution in [-0.4, -0.2) is 34.5 Å². The minimum atomic E-state index is -0.960. The number of carbonyl (C=O) groups is 1. The van der Waals surface area contributed by atoms with Crippen molar-refractivity contribution in [2.45, 2.75) is 24.7 Å². The molecule has 0 bridgehead atoms. The van der Waals surface area contributed by atoms with Crippen molar-refractivity contribution in [3.05, 3.63) is 11.6 Å². The fraction of sp³-hybridized carbons (Fsp3) is 0.571. The molecule has 0 saturated carbocycles. The Morgan fingerprint density at radius 3 is 3.00 bits per heavy atom. The van der Waals surface area contributed by atoms with Gasteiger partial charge in [0.05, 0.1) is 6.10 Å². The number of carboxylic acids is 1. The molecular weight excluding hydrogens is 148 g/mol. The van der Waals surface area contributed by atoms with E-state index in [2.05, 4.69) is 0 Å². The van der Waals surface area contributed by atoms with Gasteiger partial charge in [0.15, 0.2) is 0 Å². The smallest absolute Gasteiger partial charge is 0.331 e. The molecule has 1 heterocycles. The van der Waals surface area contributed by atoms with E-state index < -0.39 is 12.1 Å². The standard InChI is InChI=1S/C7H8O4/c8-4-1-3(7(9)10)2-5-6(4)11-5/h1,4-6,8H,2H2,(H,9,10)/t4-,5-,6+/m0/s1. The molecule has 4 heteroatoms. The third kappa shape index (κ3) is 1.04. The molecule has 3 atom stereocenters. The lowest BCUT2D eigenvalue weighted by molar-refractivity contribution is -0.133. The van der Waals surface area contributed by atoms with Gasteiger partial charge in [-0.3, -0.25) is 0 Å². The largest absolute Gasteiger partial charge is 0.478 e. The van der Waals surface area contributed by atoms with Crippen LogP contribution in [0.3, 0.4) is 0 Å². The number of aliphatic hydroxyl groups is 1. The summed E-state index contributed by atoms with van der Waals surface area (Å²) in [4.78, 5) is 10.4. The summed E-state index contributed by atoms with van der Waals surface area (Å²) in [6.45, 7) is 0. The fourth-order valence-electron chi connectivity index (χ4n) is 1.37. The molecular formula is C7H8O4. The highest BCUT2D eigenvalue weighted by molar-refractivity contribution is 5.87. The van der Waals surface area contributed by atoms with Gasteiger partial charge < -0.3 is 14.9 Å². The van der Waals surface area contributed by atoms with Crippen molar-refractivity contribution in [1.82, 2.24) is 0 Å². The number of carboxylic acid groups (broad SMARTS) is 1. The number of aliphatic hydroxyl groups excluding tert-OH is 1. The van der Waals surface area contributed by atoms with E-state index in [4.69, 9.17) is 9.84 Å². The number of rotatable bonds is 1. The van der Waals surface area contributed by atoms with Gasteiger partial charge in [0.2, 0.25) is 0 Å². The first-order valence-electron chi connectivity index (χ1n) is 3.46. The van der Waals surface area contributed by atoms with E-state index in [1.165, 1.54) is 6.08 Å². The van der Waals surface area contributed by atoms with Gasteiger partial charge >= 0.3 is 5.97 Å². The molecule has 1 aliphatic carbocycles. The van der Waals surface area contributed by atoms with Crippen LogP contribution in [0.1, 0.15) is 6.42 Å². The Balaban J connectivity index is 2.17. The van der Waals surface area contributed by atoms with E-state index in [-0.39, 0.29) is 17.8 Å². The van der Waals surface area contributed by atoms with Crippen LogP contribution >= 0.6 is 0 Å². The average Bonchev–Trinajstić information content (AvgIpc) is 2.66. The minimum Gasteiger partial charge on any atom is -0.478 e. The van der Waals surface area contributed by atoms with Gasteiger partial charge in [-0.25, -0.2) is 4.79 Å². The quantitative estimate of drug-likeness (QED) is 0.503. The Bertz CT molecular complexity index is 233. The Hall–Kier alpha value is -0.870. The van der Waals surface area contributed by atoms with Crippen LogP contribution in [0.15, 0.2) is 11.6 Å². The molecule has 0 aromatic heterocycles. The van der Waals surface area contributed by atoms with Crippen molar-refractivity contribution in [2.75, 3.05) is 0 Å². The van der Waals surface area contributed by atoms with Crippen molar-refractivity contribution in [1.29, 1.82) is 0 Å². The summed E-state index contributed by atoms with van der Waals surface area (Å²) < 4.78 is 5.01. The first kappa shape index (κ1) is 6.82. The van der Waals surface area contributed by atoms with Gasteiger partial charge in [0.25, 0.3) is 0 Å². The van der Waals surface area contributed by atoms with Crippen LogP contribution in [0.4, 0.5) is 0 Å². The molecule has 0 amide bonds. The number of aliphatic carboxylic acids is 1. The second-order valence-electron chi connectivity index (χ2n) is 2.83. The maximum absolute atomic E-state index is 10.4. The summed E-state index contributed by atoms with van der Waals surface area (Å²) in [5, 5.41) is 17.7. The van der Waals surface area contributed by atoms with E-state index in [1.807, 2.05) is 0 Å². The Labute approximate surface area is 63.1 Å². The molecule has 1 fully saturated rings. The topological polar surface area (TPSA) is 70.1 Å². The van der Waals surface area contributed by atoms with E-state index >= 15 is 0 Å². The maximum atomic E-state index is 10.4. The monoisotopic (exact) mass is 156 g/mol. The molecule has 0 aromatic carbocycles. The molecule has 0 radical (unpaired) electrons. The van der Waals surface area contributed by atoms with Crippen LogP contribution in [0.25, 0.3) is 0 Å². The zero-order valence-corrected chi connectivity index (χ0v) is 5.73. The molecule has 4 nitrogen and oxygen atoms in total. The van der Waals surface area contributed by atoms with E-state index in [0.29, 0.717) is 6.42 Å². The zero-order chi connectivity index (χ0) is 8.01. The summed E-state index contributed by atoms with van der Waals surface area (Å²) in [7, 11) is 0. The van der Waals surface area contributed by atoms with Crippen LogP contribution in [-0.2, 0) is 9.53 Å². The molecule has 0 unspecified atom stereocenters. The predicted octanol–water partition coefficient (Wildman–Crippen LogP) is -0.471. The fourth-order valence-corrected chi connectivity index (χ4v) is 1.37. The third-order valence-electron chi connectivity index (χ3n) is 2.03. The molecule has 0 aromatic rings. The van der Waals surface area contributed by atoms with Crippen molar-refractivity contribution < 1.29 is 19.7 Å². The van der Waals surface area contributed by atoms with E-state index in [0.717, 1.165) is 0 Å². The first-order valence-corrected chi connectivity index (χ1v) is 3.46. The number of hydrogen-bond donors (Lipinski definition) is 2. The Morgan fingerprint density at radius 1 is 1.73 bits per heavy atom. The lowest BCUT2D eigenvalue weighted by Gasteiger charge is -2.08. The minimum absolute atomic E-state index is 0.0545. The second-order valence-corrected chi connectivity index (χ2v) is 2.83. The summed E-state index contributed by atoms with van der Waals surface area (Å²) in [6, 6.07) is 0. The van der Waals surface area contributed by atoms with Gasteiger partial charge in [0.1, 0.15) is 12.2 Å². The number of hydrogen-bond acceptors (Lipinski definition) is 3. The number of epoxide rings is 1. The summed E-state index contributed by atoms with van der Waals surface area (Å²) in [5.41, 5.74) is 0.260. The summed E-state index contributed by atoms with van der Waals surface area (Å²) in [5.74, 6) is -0.960. The lowest BCUT2D eigenvalue weighted by atomic mass is 9.98. The maximum Gasteiger partial charge on any atom is 0.331 e. The normalized spacial score (nSPS) is 40.8. The van der Waals surface area contributed by atoms with Gasteiger partial charge in [0, 0.05) is 12.0 Å². The summed E-state index contributed by atoms with van der Waals surface area (Å²) in [6.07, 6.45) is 0.868. The number of fused-ring (bicyclic) bond motifs is 1. The van der Waals surface area contributed by atoms with E-state index in [1.54, 1.807) is 0 Å². The van der Waals surface area contributed by atoms with Crippen molar-refractivity contribution in [3.8, 4) is 0 Å². The van der Waals surface area contributed by atoms with Crippen molar-refractivity contribution in [2.24, 2.45) is 0 Å². The SMILES string of the molecule is O=C(O)C1=C[C@H](O)[C@H]2O[C@H]2C1. The highest BCUT2D eigenvalue weighted by atomic mass is 16.6. The van der Waals surface area contributed by atoms with Gasteiger partial charge in [-0.05, 0) is 6.08 Å².